The summed E-state index contributed by atoms with van der Waals surface area (Å²) in [5, 5.41) is 15.9. The molecule has 0 saturated heterocycles. The summed E-state index contributed by atoms with van der Waals surface area (Å²) in [5.41, 5.74) is -0.374. The maximum Gasteiger partial charge on any atom is 0.314 e. The highest BCUT2D eigenvalue weighted by molar-refractivity contribution is 5.74. The van der Waals surface area contributed by atoms with Gasteiger partial charge in [0.05, 0.1) is 6.54 Å². The van der Waals surface area contributed by atoms with Crippen LogP contribution in [0.15, 0.2) is 24.3 Å². The van der Waals surface area contributed by atoms with Crippen molar-refractivity contribution >= 4 is 6.03 Å². The molecule has 0 bridgehead atoms. The number of rotatable bonds is 6. The minimum Gasteiger partial charge on any atom is -0.384 e. The Morgan fingerprint density at radius 3 is 2.48 bits per heavy atom. The normalized spacial score (nSPS) is 18.7. The molecule has 1 aromatic rings. The van der Waals surface area contributed by atoms with E-state index in [2.05, 4.69) is 17.6 Å². The van der Waals surface area contributed by atoms with Crippen molar-refractivity contribution in [3.8, 4) is 0 Å². The van der Waals surface area contributed by atoms with Gasteiger partial charge in [-0.1, -0.05) is 19.1 Å². The average Bonchev–Trinajstić information content (AvgIpc) is 3.24. The number of benzene rings is 1. The Bertz CT molecular complexity index is 496. The summed E-state index contributed by atoms with van der Waals surface area (Å²) < 4.78 is 12.9. The smallest absolute Gasteiger partial charge is 0.314 e. The van der Waals surface area contributed by atoms with Crippen molar-refractivity contribution in [1.29, 1.82) is 0 Å². The Hall–Kier alpha value is -1.62. The van der Waals surface area contributed by atoms with Gasteiger partial charge in [0, 0.05) is 6.54 Å². The molecule has 3 N–H and O–H groups in total. The van der Waals surface area contributed by atoms with Gasteiger partial charge in [0.2, 0.25) is 0 Å². The van der Waals surface area contributed by atoms with Crippen LogP contribution in [0.25, 0.3) is 0 Å². The minimum absolute atomic E-state index is 0.0730. The molecular weight excluding hydrogens is 271 g/mol. The summed E-state index contributed by atoms with van der Waals surface area (Å²) in [4.78, 5) is 11.8. The fraction of sp³-hybridized carbons (Fsp3) is 0.562. The molecule has 2 amide bonds. The minimum atomic E-state index is -1.23. The van der Waals surface area contributed by atoms with Crippen molar-refractivity contribution < 1.29 is 14.3 Å². The number of nitrogens with one attached hydrogen (secondary N) is 2. The number of aliphatic hydroxyl groups is 1. The van der Waals surface area contributed by atoms with Gasteiger partial charge in [0.15, 0.2) is 0 Å². The number of carbonyl (C=O) groups excluding carboxylic acids is 1. The van der Waals surface area contributed by atoms with Gasteiger partial charge in [-0.2, -0.15) is 0 Å². The molecule has 116 valence electrons. The molecule has 4 nitrogen and oxygen atoms in total. The Morgan fingerprint density at radius 2 is 1.95 bits per heavy atom. The van der Waals surface area contributed by atoms with Gasteiger partial charge in [-0.05, 0) is 49.3 Å². The van der Waals surface area contributed by atoms with E-state index in [9.17, 15) is 14.3 Å². The molecule has 0 heterocycles. The van der Waals surface area contributed by atoms with Gasteiger partial charge in [-0.25, -0.2) is 9.18 Å². The van der Waals surface area contributed by atoms with Gasteiger partial charge >= 0.3 is 6.03 Å². The van der Waals surface area contributed by atoms with E-state index in [-0.39, 0.29) is 23.8 Å². The molecule has 5 heteroatoms. The van der Waals surface area contributed by atoms with Crippen molar-refractivity contribution in [1.82, 2.24) is 10.6 Å². The lowest BCUT2D eigenvalue weighted by molar-refractivity contribution is 0.0593. The fourth-order valence-corrected chi connectivity index (χ4v) is 2.33. The molecule has 1 aliphatic rings. The van der Waals surface area contributed by atoms with E-state index in [1.165, 1.54) is 24.3 Å². The van der Waals surface area contributed by atoms with Crippen LogP contribution >= 0.6 is 0 Å². The highest BCUT2D eigenvalue weighted by Gasteiger charge is 2.40. The van der Waals surface area contributed by atoms with E-state index in [0.29, 0.717) is 12.1 Å². The Kier molecular flexibility index (Phi) is 4.52. The van der Waals surface area contributed by atoms with E-state index in [1.807, 2.05) is 0 Å². The number of carbonyl (C=O) groups is 1. The van der Waals surface area contributed by atoms with E-state index in [0.717, 1.165) is 19.3 Å². The second-order valence-corrected chi connectivity index (χ2v) is 6.17. The zero-order chi connectivity index (χ0) is 15.5. The second-order valence-electron chi connectivity index (χ2n) is 6.17. The van der Waals surface area contributed by atoms with Crippen LogP contribution in [0.2, 0.25) is 0 Å². The summed E-state index contributed by atoms with van der Waals surface area (Å²) in [7, 11) is 0. The lowest BCUT2D eigenvalue weighted by atomic mass is 9.96. The molecule has 21 heavy (non-hydrogen) atoms. The van der Waals surface area contributed by atoms with Crippen LogP contribution < -0.4 is 10.6 Å². The molecule has 2 rings (SSSR count). The van der Waals surface area contributed by atoms with Gasteiger partial charge in [-0.15, -0.1) is 0 Å². The number of hydrogen-bond donors (Lipinski definition) is 3. The first-order valence-corrected chi connectivity index (χ1v) is 7.37. The molecule has 0 aromatic heterocycles. The van der Waals surface area contributed by atoms with E-state index >= 15 is 0 Å². The summed E-state index contributed by atoms with van der Waals surface area (Å²) >= 11 is 0. The highest BCUT2D eigenvalue weighted by Crippen LogP contribution is 2.47. The third kappa shape index (κ3) is 4.17. The summed E-state index contributed by atoms with van der Waals surface area (Å²) in [5.74, 6) is -0.352. The third-order valence-electron chi connectivity index (χ3n) is 4.39. The Morgan fingerprint density at radius 1 is 1.33 bits per heavy atom. The monoisotopic (exact) mass is 294 g/mol. The predicted octanol–water partition coefficient (Wildman–Crippen LogP) is 2.52. The topological polar surface area (TPSA) is 61.4 Å². The zero-order valence-electron chi connectivity index (χ0n) is 12.6. The molecule has 0 spiro atoms. The van der Waals surface area contributed by atoms with Crippen molar-refractivity contribution in [3.63, 3.8) is 0 Å². The average molecular weight is 294 g/mol. The van der Waals surface area contributed by atoms with Gasteiger partial charge < -0.3 is 15.7 Å². The van der Waals surface area contributed by atoms with Crippen LogP contribution in [0.3, 0.4) is 0 Å². The Balaban J connectivity index is 1.80. The van der Waals surface area contributed by atoms with Crippen LogP contribution in [0.5, 0.6) is 0 Å². The highest BCUT2D eigenvalue weighted by atomic mass is 19.1. The molecule has 1 aliphatic carbocycles. The fourth-order valence-electron chi connectivity index (χ4n) is 2.33. The van der Waals surface area contributed by atoms with Crippen LogP contribution in [-0.4, -0.2) is 24.2 Å². The number of urea groups is 1. The van der Waals surface area contributed by atoms with Crippen LogP contribution in [0.4, 0.5) is 9.18 Å². The number of halogens is 1. The SMILES string of the molecule is CCC1(CNC(=O)NCC(C)(O)c2ccc(F)cc2)CC1. The van der Waals surface area contributed by atoms with Crippen molar-refractivity contribution in [3.05, 3.63) is 35.6 Å². The third-order valence-corrected chi connectivity index (χ3v) is 4.39. The van der Waals surface area contributed by atoms with E-state index in [4.69, 9.17) is 0 Å². The first kappa shape index (κ1) is 15.8. The van der Waals surface area contributed by atoms with Crippen molar-refractivity contribution in [2.24, 2.45) is 5.41 Å². The lowest BCUT2D eigenvalue weighted by Gasteiger charge is -2.24. The maximum atomic E-state index is 12.9. The van der Waals surface area contributed by atoms with Gasteiger partial charge in [-0.3, -0.25) is 0 Å². The van der Waals surface area contributed by atoms with Gasteiger partial charge in [0.25, 0.3) is 0 Å². The second kappa shape index (κ2) is 6.02. The van der Waals surface area contributed by atoms with Gasteiger partial charge in [0.1, 0.15) is 11.4 Å². The zero-order valence-corrected chi connectivity index (χ0v) is 12.6. The molecule has 1 fully saturated rings. The van der Waals surface area contributed by atoms with Crippen LogP contribution in [-0.2, 0) is 5.60 Å². The quantitative estimate of drug-likeness (QED) is 0.755. The molecule has 0 radical (unpaired) electrons. The van der Waals surface area contributed by atoms with E-state index in [1.54, 1.807) is 6.92 Å². The number of amides is 2. The predicted molar refractivity (Wildman–Crippen MR) is 79.3 cm³/mol. The molecule has 0 aliphatic heterocycles. The molecule has 1 aromatic carbocycles. The summed E-state index contributed by atoms with van der Waals surface area (Å²) in [6.45, 7) is 4.47. The number of hydrogen-bond acceptors (Lipinski definition) is 2. The van der Waals surface area contributed by atoms with Crippen LogP contribution in [0, 0.1) is 11.2 Å². The van der Waals surface area contributed by atoms with Crippen LogP contribution in [0.1, 0.15) is 38.7 Å². The van der Waals surface area contributed by atoms with Crippen molar-refractivity contribution in [2.45, 2.75) is 38.7 Å². The maximum absolute atomic E-state index is 12.9. The first-order valence-electron chi connectivity index (χ1n) is 7.37. The molecule has 1 atom stereocenters. The molecule has 1 saturated carbocycles. The van der Waals surface area contributed by atoms with Crippen molar-refractivity contribution in [2.75, 3.05) is 13.1 Å². The first-order chi connectivity index (χ1) is 9.87. The molecular formula is C16H23FN2O2. The summed E-state index contributed by atoms with van der Waals surface area (Å²) in [6.07, 6.45) is 3.40. The molecule has 1 unspecified atom stereocenters. The largest absolute Gasteiger partial charge is 0.384 e. The van der Waals surface area contributed by atoms with E-state index < -0.39 is 5.60 Å². The summed E-state index contributed by atoms with van der Waals surface area (Å²) in [6, 6.07) is 5.34. The standard InChI is InChI=1S/C16H23FN2O2/c1-3-16(8-9-16)11-19-14(20)18-10-15(2,21)12-4-6-13(17)7-5-12/h4-7,21H,3,8-11H2,1-2H3,(H2,18,19,20). The Labute approximate surface area is 124 Å². The lowest BCUT2D eigenvalue weighted by Crippen LogP contribution is -2.44.